The van der Waals surface area contributed by atoms with Crippen LogP contribution in [0.25, 0.3) is 0 Å². The highest BCUT2D eigenvalue weighted by Gasteiger charge is 2.13. The lowest BCUT2D eigenvalue weighted by atomic mass is 10.1. The Morgan fingerprint density at radius 3 is 2.42 bits per heavy atom. The zero-order chi connectivity index (χ0) is 21.5. The Balaban J connectivity index is 1.41. The van der Waals surface area contributed by atoms with E-state index in [1.807, 2.05) is 48.5 Å². The minimum absolute atomic E-state index is 0.230. The molecule has 0 fully saturated rings. The van der Waals surface area contributed by atoms with Gasteiger partial charge in [-0.2, -0.15) is 0 Å². The number of benzene rings is 3. The van der Waals surface area contributed by atoms with Crippen molar-refractivity contribution < 1.29 is 18.7 Å². The molecule has 1 aromatic heterocycles. The Morgan fingerprint density at radius 1 is 0.806 bits per heavy atom. The van der Waals surface area contributed by atoms with Gasteiger partial charge in [-0.3, -0.25) is 9.59 Å². The Kier molecular flexibility index (Phi) is 6.09. The number of carbonyl (C=O) groups excluding carboxylic acids is 2. The van der Waals surface area contributed by atoms with Gasteiger partial charge in [0.25, 0.3) is 11.8 Å². The average molecular weight is 412 g/mol. The van der Waals surface area contributed by atoms with Crippen LogP contribution in [0.2, 0.25) is 0 Å². The van der Waals surface area contributed by atoms with Gasteiger partial charge < -0.3 is 19.8 Å². The van der Waals surface area contributed by atoms with Gasteiger partial charge >= 0.3 is 0 Å². The molecule has 2 amide bonds. The van der Waals surface area contributed by atoms with Crippen LogP contribution in [-0.4, -0.2) is 11.8 Å². The van der Waals surface area contributed by atoms with E-state index in [1.165, 1.54) is 6.26 Å². The van der Waals surface area contributed by atoms with Crippen LogP contribution in [0.3, 0.4) is 0 Å². The molecule has 0 spiro atoms. The van der Waals surface area contributed by atoms with Crippen molar-refractivity contribution in [2.45, 2.75) is 6.54 Å². The largest absolute Gasteiger partial charge is 0.459 e. The smallest absolute Gasteiger partial charge is 0.291 e. The van der Waals surface area contributed by atoms with Crippen molar-refractivity contribution in [3.05, 3.63) is 114 Å². The molecule has 31 heavy (non-hydrogen) atoms. The van der Waals surface area contributed by atoms with Gasteiger partial charge in [-0.1, -0.05) is 42.5 Å². The Bertz CT molecular complexity index is 1170. The van der Waals surface area contributed by atoms with Crippen molar-refractivity contribution in [2.75, 3.05) is 5.32 Å². The Hall–Kier alpha value is -4.32. The van der Waals surface area contributed by atoms with E-state index in [-0.39, 0.29) is 17.6 Å². The van der Waals surface area contributed by atoms with Crippen molar-refractivity contribution in [3.63, 3.8) is 0 Å². The number of ether oxygens (including phenoxy) is 1. The zero-order valence-corrected chi connectivity index (χ0v) is 16.6. The molecular formula is C25H20N2O4. The lowest BCUT2D eigenvalue weighted by Gasteiger charge is -2.12. The molecule has 6 nitrogen and oxygen atoms in total. The molecule has 3 aromatic carbocycles. The van der Waals surface area contributed by atoms with Gasteiger partial charge in [0.15, 0.2) is 5.76 Å². The summed E-state index contributed by atoms with van der Waals surface area (Å²) >= 11 is 0. The molecular weight excluding hydrogens is 392 g/mol. The fourth-order valence-electron chi connectivity index (χ4n) is 3.00. The topological polar surface area (TPSA) is 80.6 Å². The second kappa shape index (κ2) is 9.45. The molecule has 1 heterocycles. The molecule has 0 aliphatic heterocycles. The second-order valence-corrected chi connectivity index (χ2v) is 6.73. The maximum atomic E-state index is 12.8. The quantitative estimate of drug-likeness (QED) is 0.434. The summed E-state index contributed by atoms with van der Waals surface area (Å²) in [4.78, 5) is 24.9. The fraction of sp³-hybridized carbons (Fsp3) is 0.0400. The second-order valence-electron chi connectivity index (χ2n) is 6.73. The number of hydrogen-bond donors (Lipinski definition) is 2. The van der Waals surface area contributed by atoms with E-state index in [2.05, 4.69) is 10.6 Å². The van der Waals surface area contributed by atoms with Crippen molar-refractivity contribution in [1.82, 2.24) is 5.32 Å². The molecule has 4 aromatic rings. The number of hydrogen-bond acceptors (Lipinski definition) is 4. The van der Waals surface area contributed by atoms with Crippen molar-refractivity contribution in [1.29, 1.82) is 0 Å². The summed E-state index contributed by atoms with van der Waals surface area (Å²) in [6.07, 6.45) is 1.44. The number of rotatable bonds is 7. The van der Waals surface area contributed by atoms with Crippen molar-refractivity contribution in [3.8, 4) is 11.5 Å². The van der Waals surface area contributed by atoms with E-state index in [1.54, 1.807) is 42.5 Å². The molecule has 0 aliphatic rings. The highest BCUT2D eigenvalue weighted by atomic mass is 16.5. The van der Waals surface area contributed by atoms with Crippen molar-refractivity contribution >= 4 is 17.5 Å². The van der Waals surface area contributed by atoms with E-state index in [0.717, 1.165) is 5.56 Å². The number of furan rings is 1. The normalized spacial score (nSPS) is 10.3. The zero-order valence-electron chi connectivity index (χ0n) is 16.6. The number of amides is 2. The maximum absolute atomic E-state index is 12.8. The summed E-state index contributed by atoms with van der Waals surface area (Å²) in [5.74, 6) is 0.775. The molecule has 0 saturated carbocycles. The first-order valence-electron chi connectivity index (χ1n) is 9.73. The molecule has 0 aliphatic carbocycles. The molecule has 0 saturated heterocycles. The fourth-order valence-corrected chi connectivity index (χ4v) is 3.00. The number of para-hydroxylation sites is 2. The van der Waals surface area contributed by atoms with Crippen LogP contribution in [0.5, 0.6) is 11.5 Å². The van der Waals surface area contributed by atoms with Gasteiger partial charge in [0.1, 0.15) is 11.5 Å². The van der Waals surface area contributed by atoms with Gasteiger partial charge in [-0.25, -0.2) is 0 Å². The molecule has 0 radical (unpaired) electrons. The van der Waals surface area contributed by atoms with Gasteiger partial charge in [0, 0.05) is 12.2 Å². The summed E-state index contributed by atoms with van der Waals surface area (Å²) in [5.41, 5.74) is 1.89. The number of anilines is 1. The molecule has 154 valence electrons. The molecule has 0 bridgehead atoms. The van der Waals surface area contributed by atoms with Gasteiger partial charge in [-0.15, -0.1) is 0 Å². The molecule has 0 unspecified atom stereocenters. The SMILES string of the molecule is O=C(Nc1cccc(CNC(=O)c2ccccc2Oc2ccccc2)c1)c1ccco1. The summed E-state index contributed by atoms with van der Waals surface area (Å²) < 4.78 is 11.0. The summed E-state index contributed by atoms with van der Waals surface area (Å²) in [6.45, 7) is 0.295. The predicted octanol–water partition coefficient (Wildman–Crippen LogP) is 5.25. The molecule has 4 rings (SSSR count). The van der Waals surface area contributed by atoms with E-state index in [9.17, 15) is 9.59 Å². The maximum Gasteiger partial charge on any atom is 0.291 e. The highest BCUT2D eigenvalue weighted by Crippen LogP contribution is 2.25. The number of carbonyl (C=O) groups is 2. The monoisotopic (exact) mass is 412 g/mol. The van der Waals surface area contributed by atoms with Crippen LogP contribution < -0.4 is 15.4 Å². The van der Waals surface area contributed by atoms with Gasteiger partial charge in [0.05, 0.1) is 11.8 Å². The first-order chi connectivity index (χ1) is 15.2. The van der Waals surface area contributed by atoms with Crippen molar-refractivity contribution in [2.24, 2.45) is 0 Å². The third-order valence-electron chi connectivity index (χ3n) is 4.49. The standard InChI is InChI=1S/C25H20N2O4/c28-24(21-12-4-5-13-22(21)31-20-10-2-1-3-11-20)26-17-18-8-6-9-19(16-18)27-25(29)23-14-7-15-30-23/h1-16H,17H2,(H,26,28)(H,27,29). The van der Waals surface area contributed by atoms with Gasteiger partial charge in [-0.05, 0) is 54.1 Å². The third-order valence-corrected chi connectivity index (χ3v) is 4.49. The van der Waals surface area contributed by atoms with E-state index >= 15 is 0 Å². The van der Waals surface area contributed by atoms with Crippen LogP contribution in [-0.2, 0) is 6.54 Å². The Morgan fingerprint density at radius 2 is 1.61 bits per heavy atom. The van der Waals surface area contributed by atoms with Gasteiger partial charge in [0.2, 0.25) is 0 Å². The lowest BCUT2D eigenvalue weighted by Crippen LogP contribution is -2.23. The van der Waals surface area contributed by atoms with Crippen LogP contribution in [0.15, 0.2) is 102 Å². The molecule has 0 atom stereocenters. The molecule has 2 N–H and O–H groups in total. The predicted molar refractivity (Wildman–Crippen MR) is 117 cm³/mol. The lowest BCUT2D eigenvalue weighted by molar-refractivity contribution is 0.0947. The minimum atomic E-state index is -0.335. The third kappa shape index (κ3) is 5.19. The van der Waals surface area contributed by atoms with Crippen LogP contribution in [0, 0.1) is 0 Å². The summed E-state index contributed by atoms with van der Waals surface area (Å²) in [5, 5.41) is 5.67. The minimum Gasteiger partial charge on any atom is -0.459 e. The first-order valence-corrected chi connectivity index (χ1v) is 9.73. The average Bonchev–Trinajstić information content (AvgIpc) is 3.34. The molecule has 6 heteroatoms. The summed E-state index contributed by atoms with van der Waals surface area (Å²) in [7, 11) is 0. The van der Waals surface area contributed by atoms with Crippen LogP contribution in [0.4, 0.5) is 5.69 Å². The van der Waals surface area contributed by atoms with E-state index < -0.39 is 0 Å². The highest BCUT2D eigenvalue weighted by molar-refractivity contribution is 6.02. The number of nitrogens with one attached hydrogen (secondary N) is 2. The van der Waals surface area contributed by atoms with Crippen LogP contribution >= 0.6 is 0 Å². The van der Waals surface area contributed by atoms with E-state index in [4.69, 9.17) is 9.15 Å². The van der Waals surface area contributed by atoms with Crippen LogP contribution in [0.1, 0.15) is 26.5 Å². The summed E-state index contributed by atoms with van der Waals surface area (Å²) in [6, 6.07) is 26.9. The Labute approximate surface area is 179 Å². The van der Waals surface area contributed by atoms with E-state index in [0.29, 0.717) is 29.3 Å². The first kappa shape index (κ1) is 20.0.